The second-order valence-electron chi connectivity index (χ2n) is 13.3. The molecule has 12 heteroatoms. The average Bonchev–Trinajstić information content (AvgIpc) is 3.22. The molecule has 3 atom stereocenters. The van der Waals surface area contributed by atoms with Crippen LogP contribution < -0.4 is 16.4 Å². The second kappa shape index (κ2) is 19.2. The predicted molar refractivity (Wildman–Crippen MR) is 212 cm³/mol. The van der Waals surface area contributed by atoms with E-state index < -0.39 is 12.3 Å². The van der Waals surface area contributed by atoms with Gasteiger partial charge in [0, 0.05) is 43.3 Å². The van der Waals surface area contributed by atoms with Crippen molar-refractivity contribution >= 4 is 40.9 Å². The van der Waals surface area contributed by atoms with Gasteiger partial charge in [0.05, 0.1) is 35.8 Å². The van der Waals surface area contributed by atoms with Crippen LogP contribution in [0.25, 0.3) is 11.1 Å². The number of carboxylic acids is 1. The normalized spacial score (nSPS) is 16.6. The smallest absolute Gasteiger partial charge is 0.338 e. The van der Waals surface area contributed by atoms with Gasteiger partial charge >= 0.3 is 5.97 Å². The van der Waals surface area contributed by atoms with Crippen molar-refractivity contribution < 1.29 is 34.1 Å². The van der Waals surface area contributed by atoms with Crippen molar-refractivity contribution in [2.24, 2.45) is 0 Å². The van der Waals surface area contributed by atoms with Crippen molar-refractivity contribution in [3.05, 3.63) is 143 Å². The van der Waals surface area contributed by atoms with Gasteiger partial charge in [-0.3, -0.25) is 9.59 Å². The van der Waals surface area contributed by atoms with E-state index >= 15 is 0 Å². The lowest BCUT2D eigenvalue weighted by atomic mass is 9.99. The molecule has 1 aliphatic rings. The Labute approximate surface area is 324 Å². The molecule has 5 aromatic rings. The van der Waals surface area contributed by atoms with Crippen molar-refractivity contribution in [2.75, 3.05) is 16.8 Å². The molecular weight excluding hydrogens is 717 g/mol. The number of carbonyl (C=O) groups is 3. The summed E-state index contributed by atoms with van der Waals surface area (Å²) in [6.45, 7) is 0.334. The van der Waals surface area contributed by atoms with Gasteiger partial charge in [-0.1, -0.05) is 78.9 Å². The third-order valence-corrected chi connectivity index (χ3v) is 10.4. The highest BCUT2D eigenvalue weighted by molar-refractivity contribution is 7.99. The number of thioether (sulfide) groups is 1. The maximum absolute atomic E-state index is 12.6. The molecule has 6 N–H and O–H groups in total. The predicted octanol–water partition coefficient (Wildman–Crippen LogP) is 7.67. The number of hydrogen-bond donors (Lipinski definition) is 5. The highest BCUT2D eigenvalue weighted by Crippen LogP contribution is 2.40. The van der Waals surface area contributed by atoms with Crippen molar-refractivity contribution in [1.82, 2.24) is 10.3 Å². The number of unbranched alkanes of at least 4 members (excludes halogenated alkanes) is 1. The molecule has 0 bridgehead atoms. The van der Waals surface area contributed by atoms with E-state index in [9.17, 15) is 24.6 Å². The molecule has 0 saturated carbocycles. The summed E-state index contributed by atoms with van der Waals surface area (Å²) in [5, 5.41) is 25.4. The Morgan fingerprint density at radius 2 is 1.55 bits per heavy atom. The number of aliphatic hydroxyl groups is 1. The molecule has 1 aliphatic heterocycles. The van der Waals surface area contributed by atoms with E-state index in [1.807, 2.05) is 84.9 Å². The standard InChI is InChI=1S/C43H44N4O7S/c44-36-10-1-2-11-37(36)47-40(50)13-4-3-12-39(49)46-25-29-7-5-8-33(23-29)30-18-20-32(21-19-30)43-53-34(27-55-41-35(42(51)52)9-6-22-45-41)24-38(54-43)31-16-14-28(26-48)15-17-31/h1-2,5-11,14-23,34,38,43,48H,3-4,12-13,24-27,44H2,(H,46,49)(H,47,50)(H,51,52)/t34-,38+,43+/m1/s1. The first-order valence-electron chi connectivity index (χ1n) is 18.2. The molecule has 0 radical (unpaired) electrons. The summed E-state index contributed by atoms with van der Waals surface area (Å²) in [6.07, 6.45) is 2.74. The minimum Gasteiger partial charge on any atom is -0.478 e. The summed E-state index contributed by atoms with van der Waals surface area (Å²) >= 11 is 1.35. The monoisotopic (exact) mass is 760 g/mol. The number of hydrogen-bond acceptors (Lipinski definition) is 9. The fourth-order valence-corrected chi connectivity index (χ4v) is 7.25. The van der Waals surface area contributed by atoms with Gasteiger partial charge in [-0.2, -0.15) is 0 Å². The van der Waals surface area contributed by atoms with E-state index in [1.165, 1.54) is 11.8 Å². The largest absolute Gasteiger partial charge is 0.478 e. The van der Waals surface area contributed by atoms with E-state index in [4.69, 9.17) is 15.2 Å². The highest BCUT2D eigenvalue weighted by atomic mass is 32.2. The van der Waals surface area contributed by atoms with Gasteiger partial charge in [0.2, 0.25) is 11.8 Å². The van der Waals surface area contributed by atoms with E-state index in [0.29, 0.717) is 60.8 Å². The molecule has 0 spiro atoms. The lowest BCUT2D eigenvalue weighted by Crippen LogP contribution is -2.31. The molecule has 1 fully saturated rings. The number of aromatic nitrogens is 1. The first-order chi connectivity index (χ1) is 26.7. The number of nitrogen functional groups attached to an aromatic ring is 1. The molecule has 11 nitrogen and oxygen atoms in total. The number of nitrogens with one attached hydrogen (secondary N) is 2. The number of para-hydroxylation sites is 2. The number of rotatable bonds is 16. The van der Waals surface area contributed by atoms with Crippen LogP contribution in [0.15, 0.2) is 120 Å². The molecule has 6 rings (SSSR count). The Morgan fingerprint density at radius 1 is 0.800 bits per heavy atom. The van der Waals surface area contributed by atoms with Gasteiger partial charge in [0.1, 0.15) is 5.03 Å². The van der Waals surface area contributed by atoms with Gasteiger partial charge in [-0.15, -0.1) is 11.8 Å². The maximum Gasteiger partial charge on any atom is 0.338 e. The Kier molecular flexibility index (Phi) is 13.7. The molecule has 1 saturated heterocycles. The van der Waals surface area contributed by atoms with Crippen LogP contribution in [0.3, 0.4) is 0 Å². The zero-order valence-corrected chi connectivity index (χ0v) is 31.0. The second-order valence-corrected chi connectivity index (χ2v) is 14.3. The van der Waals surface area contributed by atoms with Crippen LogP contribution in [0.2, 0.25) is 0 Å². The zero-order valence-electron chi connectivity index (χ0n) is 30.2. The topological polar surface area (TPSA) is 173 Å². The number of carbonyl (C=O) groups excluding carboxylic acids is 2. The van der Waals surface area contributed by atoms with Gasteiger partial charge in [0.15, 0.2) is 6.29 Å². The van der Waals surface area contributed by atoms with E-state index in [-0.39, 0.29) is 36.2 Å². The Hall–Kier alpha value is -5.53. The van der Waals surface area contributed by atoms with E-state index in [1.54, 1.807) is 30.5 Å². The number of carboxylic acid groups (broad SMARTS) is 1. The van der Waals surface area contributed by atoms with Crippen LogP contribution in [0.5, 0.6) is 0 Å². The van der Waals surface area contributed by atoms with Crippen molar-refractivity contribution in [1.29, 1.82) is 0 Å². The Bertz CT molecular complexity index is 2080. The number of aliphatic hydroxyl groups excluding tert-OH is 1. The van der Waals surface area contributed by atoms with Crippen LogP contribution in [-0.4, -0.2) is 44.8 Å². The quantitative estimate of drug-likeness (QED) is 0.0382. The van der Waals surface area contributed by atoms with E-state index in [0.717, 1.165) is 33.4 Å². The molecule has 0 unspecified atom stereocenters. The van der Waals surface area contributed by atoms with Crippen LogP contribution >= 0.6 is 11.8 Å². The van der Waals surface area contributed by atoms with Crippen molar-refractivity contribution in [3.63, 3.8) is 0 Å². The Balaban J connectivity index is 1.04. The minimum absolute atomic E-state index is 0.0494. The van der Waals surface area contributed by atoms with Gasteiger partial charge in [0.25, 0.3) is 0 Å². The number of benzene rings is 4. The first kappa shape index (κ1) is 39.2. The summed E-state index contributed by atoms with van der Waals surface area (Å²) in [5.74, 6) is -0.754. The lowest BCUT2D eigenvalue weighted by molar-refractivity contribution is -0.245. The third-order valence-electron chi connectivity index (χ3n) is 9.25. The maximum atomic E-state index is 12.6. The molecule has 4 aromatic carbocycles. The number of nitrogens with zero attached hydrogens (tertiary/aromatic N) is 1. The number of nitrogens with two attached hydrogens (primary N) is 1. The van der Waals surface area contributed by atoms with Crippen molar-refractivity contribution in [2.45, 2.75) is 68.8 Å². The van der Waals surface area contributed by atoms with Gasteiger partial charge in [-0.25, -0.2) is 9.78 Å². The lowest BCUT2D eigenvalue weighted by Gasteiger charge is -2.36. The van der Waals surface area contributed by atoms with Gasteiger partial charge in [-0.05, 0) is 71.0 Å². The molecule has 284 valence electrons. The number of anilines is 2. The SMILES string of the molecule is Nc1ccccc1NC(=O)CCCCC(=O)NCc1cccc(-c2ccc([C@H]3O[C@@H](CSc4ncccc4C(=O)O)C[C@@H](c4ccc(CO)cc4)O3)cc2)c1. The zero-order chi connectivity index (χ0) is 38.6. The minimum atomic E-state index is -1.03. The Morgan fingerprint density at radius 3 is 2.29 bits per heavy atom. The van der Waals surface area contributed by atoms with Crippen LogP contribution in [-0.2, 0) is 32.2 Å². The summed E-state index contributed by atoms with van der Waals surface area (Å²) < 4.78 is 13.0. The average molecular weight is 761 g/mol. The molecule has 2 amide bonds. The summed E-state index contributed by atoms with van der Waals surface area (Å²) in [4.78, 5) is 40.9. The van der Waals surface area contributed by atoms with E-state index in [2.05, 4.69) is 15.6 Å². The molecule has 2 heterocycles. The van der Waals surface area contributed by atoms with Gasteiger partial charge < -0.3 is 36.1 Å². The van der Waals surface area contributed by atoms with Crippen LogP contribution in [0.1, 0.15) is 77.1 Å². The first-order valence-corrected chi connectivity index (χ1v) is 19.2. The fraction of sp³-hybridized carbons (Fsp3) is 0.256. The highest BCUT2D eigenvalue weighted by Gasteiger charge is 2.32. The number of amides is 2. The number of pyridine rings is 1. The van der Waals surface area contributed by atoms with Crippen LogP contribution in [0, 0.1) is 0 Å². The summed E-state index contributed by atoms with van der Waals surface area (Å²) in [6, 6.07) is 33.9. The summed E-state index contributed by atoms with van der Waals surface area (Å²) in [7, 11) is 0. The third kappa shape index (κ3) is 11.0. The number of ether oxygens (including phenoxy) is 2. The van der Waals surface area contributed by atoms with Crippen LogP contribution in [0.4, 0.5) is 11.4 Å². The fourth-order valence-electron chi connectivity index (χ4n) is 6.24. The molecule has 0 aliphatic carbocycles. The molecule has 1 aromatic heterocycles. The summed E-state index contributed by atoms with van der Waals surface area (Å²) in [5.41, 5.74) is 12.7. The molecule has 55 heavy (non-hydrogen) atoms. The van der Waals surface area contributed by atoms with Crippen molar-refractivity contribution in [3.8, 4) is 11.1 Å². The number of aromatic carboxylic acids is 1. The molecular formula is C43H44N4O7S.